The molecule has 1 fully saturated rings. The van der Waals surface area contributed by atoms with E-state index >= 15 is 0 Å². The Morgan fingerprint density at radius 3 is 2.62 bits per heavy atom. The Bertz CT molecular complexity index is 196. The molecule has 0 bridgehead atoms. The normalized spacial score (nSPS) is 33.0. The van der Waals surface area contributed by atoms with E-state index in [0.29, 0.717) is 24.5 Å². The first-order chi connectivity index (χ1) is 7.54. The van der Waals surface area contributed by atoms with Crippen molar-refractivity contribution in [3.05, 3.63) is 0 Å². The second-order valence-corrected chi connectivity index (χ2v) is 5.64. The summed E-state index contributed by atoms with van der Waals surface area (Å²) in [4.78, 5) is 0. The maximum Gasteiger partial charge on any atom is 0.0643 e. The van der Waals surface area contributed by atoms with Crippen molar-refractivity contribution in [2.75, 3.05) is 13.2 Å². The molecule has 0 aromatic rings. The summed E-state index contributed by atoms with van der Waals surface area (Å²) in [6.07, 6.45) is 4.05. The largest absolute Gasteiger partial charge is 0.395 e. The van der Waals surface area contributed by atoms with Crippen LogP contribution in [-0.4, -0.2) is 30.5 Å². The van der Waals surface area contributed by atoms with Crippen LogP contribution in [0.4, 0.5) is 0 Å². The van der Waals surface area contributed by atoms with Crippen LogP contribution in [0.1, 0.15) is 40.0 Å². The smallest absolute Gasteiger partial charge is 0.0643 e. The Morgan fingerprint density at radius 1 is 1.38 bits per heavy atom. The molecule has 0 spiro atoms. The topological polar surface area (TPSA) is 55.5 Å². The summed E-state index contributed by atoms with van der Waals surface area (Å²) in [5.41, 5.74) is 5.67. The highest BCUT2D eigenvalue weighted by Gasteiger charge is 2.31. The van der Waals surface area contributed by atoms with E-state index in [-0.39, 0.29) is 12.6 Å². The molecule has 1 aliphatic carbocycles. The Kier molecular flexibility index (Phi) is 5.73. The average molecular weight is 229 g/mol. The van der Waals surface area contributed by atoms with Crippen molar-refractivity contribution in [2.45, 2.75) is 52.2 Å². The fourth-order valence-electron chi connectivity index (χ4n) is 2.61. The highest BCUT2D eigenvalue weighted by Crippen LogP contribution is 2.35. The molecule has 16 heavy (non-hydrogen) atoms. The predicted octanol–water partition coefficient (Wildman–Crippen LogP) is 1.78. The van der Waals surface area contributed by atoms with Gasteiger partial charge in [0.1, 0.15) is 0 Å². The number of hydrogen-bond acceptors (Lipinski definition) is 3. The van der Waals surface area contributed by atoms with Gasteiger partial charge in [0.05, 0.1) is 25.4 Å². The summed E-state index contributed by atoms with van der Waals surface area (Å²) in [5.74, 6) is 2.08. The fourth-order valence-corrected chi connectivity index (χ4v) is 2.61. The highest BCUT2D eigenvalue weighted by molar-refractivity contribution is 4.81. The third kappa shape index (κ3) is 4.04. The Hall–Kier alpha value is -0.120. The van der Waals surface area contributed by atoms with Crippen molar-refractivity contribution in [1.82, 2.24) is 0 Å². The molecule has 3 nitrogen and oxygen atoms in total. The fraction of sp³-hybridized carbons (Fsp3) is 1.00. The van der Waals surface area contributed by atoms with Crippen LogP contribution in [0, 0.1) is 17.8 Å². The lowest BCUT2D eigenvalue weighted by Crippen LogP contribution is -2.38. The van der Waals surface area contributed by atoms with Gasteiger partial charge in [-0.1, -0.05) is 27.2 Å². The van der Waals surface area contributed by atoms with Gasteiger partial charge in [-0.05, 0) is 30.6 Å². The molecule has 3 heteroatoms. The zero-order chi connectivity index (χ0) is 12.1. The minimum absolute atomic E-state index is 0.00855. The van der Waals surface area contributed by atoms with Gasteiger partial charge in [0.25, 0.3) is 0 Å². The zero-order valence-electron chi connectivity index (χ0n) is 10.9. The molecule has 1 saturated carbocycles. The predicted molar refractivity (Wildman–Crippen MR) is 66.1 cm³/mol. The number of aliphatic hydroxyl groups is 1. The molecule has 0 saturated heterocycles. The number of aliphatic hydroxyl groups excluding tert-OH is 1. The lowest BCUT2D eigenvalue weighted by atomic mass is 9.75. The van der Waals surface area contributed by atoms with Crippen LogP contribution in [0.2, 0.25) is 0 Å². The minimum Gasteiger partial charge on any atom is -0.395 e. The molecular weight excluding hydrogens is 202 g/mol. The molecule has 1 aliphatic rings. The molecule has 4 atom stereocenters. The van der Waals surface area contributed by atoms with E-state index in [1.54, 1.807) is 0 Å². The van der Waals surface area contributed by atoms with Gasteiger partial charge < -0.3 is 15.6 Å². The molecule has 0 heterocycles. The van der Waals surface area contributed by atoms with Crippen LogP contribution in [-0.2, 0) is 4.74 Å². The van der Waals surface area contributed by atoms with Crippen LogP contribution in [0.15, 0.2) is 0 Å². The summed E-state index contributed by atoms with van der Waals surface area (Å²) in [5, 5.41) is 8.89. The molecule has 0 radical (unpaired) electrons. The van der Waals surface area contributed by atoms with Gasteiger partial charge in [0.2, 0.25) is 0 Å². The monoisotopic (exact) mass is 229 g/mol. The van der Waals surface area contributed by atoms with Crippen LogP contribution in [0.5, 0.6) is 0 Å². The Morgan fingerprint density at radius 2 is 2.06 bits per heavy atom. The number of hydrogen-bond donors (Lipinski definition) is 2. The van der Waals surface area contributed by atoms with Crippen LogP contribution >= 0.6 is 0 Å². The van der Waals surface area contributed by atoms with Crippen molar-refractivity contribution in [3.63, 3.8) is 0 Å². The van der Waals surface area contributed by atoms with E-state index in [2.05, 4.69) is 20.8 Å². The van der Waals surface area contributed by atoms with Crippen LogP contribution in [0.25, 0.3) is 0 Å². The standard InChI is InChI=1S/C13H27NO2/c1-9(2)12-5-4-10(3)6-13(12)16-8-11(14)7-15/h9-13,15H,4-8,14H2,1-3H3. The summed E-state index contributed by atoms with van der Waals surface area (Å²) in [6, 6.07) is -0.231. The van der Waals surface area contributed by atoms with Gasteiger partial charge in [-0.3, -0.25) is 0 Å². The van der Waals surface area contributed by atoms with Crippen molar-refractivity contribution in [2.24, 2.45) is 23.5 Å². The van der Waals surface area contributed by atoms with E-state index in [9.17, 15) is 0 Å². The van der Waals surface area contributed by atoms with Gasteiger partial charge in [0.15, 0.2) is 0 Å². The Labute approximate surface area is 99.4 Å². The summed E-state index contributed by atoms with van der Waals surface area (Å²) < 4.78 is 5.89. The van der Waals surface area contributed by atoms with Gasteiger partial charge >= 0.3 is 0 Å². The van der Waals surface area contributed by atoms with Gasteiger partial charge in [-0.25, -0.2) is 0 Å². The molecule has 0 aromatic carbocycles. The van der Waals surface area contributed by atoms with Gasteiger partial charge in [0, 0.05) is 0 Å². The van der Waals surface area contributed by atoms with Crippen molar-refractivity contribution >= 4 is 0 Å². The van der Waals surface area contributed by atoms with Crippen LogP contribution < -0.4 is 5.73 Å². The first kappa shape index (κ1) is 13.9. The van der Waals surface area contributed by atoms with Crippen molar-refractivity contribution in [3.8, 4) is 0 Å². The van der Waals surface area contributed by atoms with E-state index in [0.717, 1.165) is 12.3 Å². The van der Waals surface area contributed by atoms with Gasteiger partial charge in [-0.2, -0.15) is 0 Å². The lowest BCUT2D eigenvalue weighted by molar-refractivity contribution is -0.0464. The number of ether oxygens (including phenoxy) is 1. The third-order valence-corrected chi connectivity index (χ3v) is 3.72. The quantitative estimate of drug-likeness (QED) is 0.755. The summed E-state index contributed by atoms with van der Waals surface area (Å²) >= 11 is 0. The molecule has 3 N–H and O–H groups in total. The third-order valence-electron chi connectivity index (χ3n) is 3.72. The van der Waals surface area contributed by atoms with E-state index in [4.69, 9.17) is 15.6 Å². The number of nitrogens with two attached hydrogens (primary N) is 1. The van der Waals surface area contributed by atoms with Crippen molar-refractivity contribution in [1.29, 1.82) is 0 Å². The SMILES string of the molecule is CC1CCC(C(C)C)C(OCC(N)CO)C1. The molecule has 0 aromatic heterocycles. The van der Waals surface area contributed by atoms with Gasteiger partial charge in [-0.15, -0.1) is 0 Å². The number of rotatable bonds is 5. The molecule has 0 aliphatic heterocycles. The molecular formula is C13H27NO2. The first-order valence-electron chi connectivity index (χ1n) is 6.52. The summed E-state index contributed by atoms with van der Waals surface area (Å²) in [6.45, 7) is 7.32. The summed E-state index contributed by atoms with van der Waals surface area (Å²) in [7, 11) is 0. The second kappa shape index (κ2) is 6.58. The lowest BCUT2D eigenvalue weighted by Gasteiger charge is -2.37. The average Bonchev–Trinajstić information content (AvgIpc) is 2.25. The Balaban J connectivity index is 2.44. The highest BCUT2D eigenvalue weighted by atomic mass is 16.5. The van der Waals surface area contributed by atoms with E-state index in [1.165, 1.54) is 12.8 Å². The second-order valence-electron chi connectivity index (χ2n) is 5.64. The van der Waals surface area contributed by atoms with E-state index < -0.39 is 0 Å². The maximum absolute atomic E-state index is 8.89. The molecule has 4 unspecified atom stereocenters. The van der Waals surface area contributed by atoms with Crippen LogP contribution in [0.3, 0.4) is 0 Å². The van der Waals surface area contributed by atoms with E-state index in [1.807, 2.05) is 0 Å². The molecule has 96 valence electrons. The minimum atomic E-state index is -0.231. The zero-order valence-corrected chi connectivity index (χ0v) is 10.9. The molecule has 0 amide bonds. The maximum atomic E-state index is 8.89. The first-order valence-corrected chi connectivity index (χ1v) is 6.52. The molecule has 1 rings (SSSR count). The van der Waals surface area contributed by atoms with Crippen molar-refractivity contribution < 1.29 is 9.84 Å².